The maximum atomic E-state index is 2.53. The van der Waals surface area contributed by atoms with Crippen LogP contribution in [0.15, 0.2) is 497 Å². The van der Waals surface area contributed by atoms with Gasteiger partial charge in [0.25, 0.3) is 0 Å². The Morgan fingerprint density at radius 3 is 0.529 bits per heavy atom. The summed E-state index contributed by atoms with van der Waals surface area (Å²) in [6, 6.07) is 189. The van der Waals surface area contributed by atoms with Crippen LogP contribution in [0.2, 0.25) is 0 Å². The van der Waals surface area contributed by atoms with Crippen LogP contribution in [0.5, 0.6) is 0 Å². The fourth-order valence-electron chi connectivity index (χ4n) is 25.3. The second-order valence-corrected chi connectivity index (χ2v) is 38.4. The van der Waals surface area contributed by atoms with Crippen molar-refractivity contribution in [2.45, 2.75) is 0 Å². The number of benzene rings is 30. The summed E-state index contributed by atoms with van der Waals surface area (Å²) in [7, 11) is 0. The highest BCUT2D eigenvalue weighted by Crippen LogP contribution is 2.56. The lowest BCUT2D eigenvalue weighted by Gasteiger charge is -2.21. The monoisotopic (exact) mass is 1760 g/mol. The van der Waals surface area contributed by atoms with E-state index >= 15 is 0 Å². The molecule has 30 rings (SSSR count). The fourth-order valence-corrected chi connectivity index (χ4v) is 25.3. The van der Waals surface area contributed by atoms with Crippen molar-refractivity contribution in [3.8, 4) is 100 Å². The minimum atomic E-state index is 1.18. The summed E-state index contributed by atoms with van der Waals surface area (Å²) in [5.41, 5.74) is 22.1. The molecular formula is C140H82. The molecule has 0 fully saturated rings. The molecule has 642 valence electrons. The van der Waals surface area contributed by atoms with Gasteiger partial charge in [0.1, 0.15) is 0 Å². The predicted molar refractivity (Wildman–Crippen MR) is 605 cm³/mol. The lowest BCUT2D eigenvalue weighted by atomic mass is 9.82. The molecule has 30 aromatic carbocycles. The number of fused-ring (bicyclic) bond motifs is 24. The first kappa shape index (κ1) is 78.2. The summed E-state index contributed by atoms with van der Waals surface area (Å²) in [6.07, 6.45) is 0. The molecule has 140 heavy (non-hydrogen) atoms. The third kappa shape index (κ3) is 11.6. The topological polar surface area (TPSA) is 0 Å². The maximum absolute atomic E-state index is 2.53. The zero-order valence-electron chi connectivity index (χ0n) is 76.3. The summed E-state index contributed by atoms with van der Waals surface area (Å²) >= 11 is 0. The molecule has 0 aliphatic heterocycles. The Kier molecular flexibility index (Phi) is 17.1. The Bertz CT molecular complexity index is 10100. The Hall–Kier alpha value is -18.2. The lowest BCUT2D eigenvalue weighted by molar-refractivity contribution is 1.67. The molecule has 0 saturated heterocycles. The zero-order valence-corrected chi connectivity index (χ0v) is 76.3. The largest absolute Gasteiger partial charge is 0.0616 e. The zero-order chi connectivity index (χ0) is 91.5. The molecule has 0 aromatic heterocycles. The molecule has 0 N–H and O–H groups in total. The van der Waals surface area contributed by atoms with Crippen LogP contribution in [0.25, 0.3) is 316 Å². The van der Waals surface area contributed by atoms with Gasteiger partial charge in [-0.15, -0.1) is 0 Å². The van der Waals surface area contributed by atoms with Crippen molar-refractivity contribution in [3.05, 3.63) is 497 Å². The van der Waals surface area contributed by atoms with Crippen molar-refractivity contribution in [1.29, 1.82) is 0 Å². The first-order chi connectivity index (χ1) is 69.5. The standard InChI is InChI=1S/C140H82/c1-9-41-93-83(29-1)37-21-59-111(93)137-117-49-17-19-51-119(117)139(113-61-23-39-85-31-3-11-43-95(85)113)131-81-91(65-67-125(131)137)133-97-45-13-5-33-87(97)77-127-105-57-27-63-115(109(105)71-73-121(127)133)135-99-47-15-7-35-89(99)79-129-103-55-25-53-101(107(103)69-75-123(129)135)102-54-26-56-104-108(102)70-76-124-130(104)80-90-36-8-16-48-100(90)136(124)116-64-28-58-106-110(116)72-74-122-128(106)78-88-34-6-14-46-98(88)134(122)92-66-68-126-132(82-92)140(114-62-24-40-86-32-4-12-44-96(86)114)120-52-20-18-50-118(120)138(126)112-60-22-38-84-30-2-10-42-94(84)112/h1-82H. The average Bonchev–Trinajstić information content (AvgIpc) is 0.721. The van der Waals surface area contributed by atoms with Gasteiger partial charge in [-0.1, -0.05) is 461 Å². The molecule has 0 amide bonds. The minimum absolute atomic E-state index is 1.18. The average molecular weight is 1760 g/mol. The van der Waals surface area contributed by atoms with Crippen LogP contribution in [0, 0.1) is 0 Å². The fraction of sp³-hybridized carbons (Fsp3) is 0. The molecular weight excluding hydrogens is 1680 g/mol. The van der Waals surface area contributed by atoms with E-state index in [0.29, 0.717) is 0 Å². The van der Waals surface area contributed by atoms with Crippen molar-refractivity contribution in [1.82, 2.24) is 0 Å². The summed E-state index contributed by atoms with van der Waals surface area (Å²) in [4.78, 5) is 0. The van der Waals surface area contributed by atoms with Crippen molar-refractivity contribution in [3.63, 3.8) is 0 Å². The number of hydrogen-bond acceptors (Lipinski definition) is 0. The smallest absolute Gasteiger partial charge is 0.00199 e. The van der Waals surface area contributed by atoms with Crippen molar-refractivity contribution in [2.24, 2.45) is 0 Å². The van der Waals surface area contributed by atoms with E-state index in [4.69, 9.17) is 0 Å². The van der Waals surface area contributed by atoms with Gasteiger partial charge in [0.05, 0.1) is 0 Å². The van der Waals surface area contributed by atoms with Crippen LogP contribution >= 0.6 is 0 Å². The van der Waals surface area contributed by atoms with E-state index < -0.39 is 0 Å². The van der Waals surface area contributed by atoms with E-state index in [-0.39, 0.29) is 0 Å². The molecule has 0 bridgehead atoms. The van der Waals surface area contributed by atoms with Crippen LogP contribution in [-0.2, 0) is 0 Å². The SMILES string of the molecule is c1ccc2c(-c3c4ccccc4c(-c4cccc5ccccc45)c4cc(-c5c6ccccc6cc6c5ccc5c(-c7c8ccccc8cc8c7ccc7c(-c9cccc%10c9ccc9c(-c%11cccc%12c%11ccc%11c(-c%13ccc%14c(-c%15cccc%16ccccc%15%16)c%15ccccc%15c(-c%15cccc%16ccccc%15%16)c%14c%13)c%13ccccc%13cc%11%12)c%11ccccc%11cc9%10)cccc78)cccc56)ccc34)cccc2c1. The first-order valence-electron chi connectivity index (χ1n) is 48.9. The van der Waals surface area contributed by atoms with Gasteiger partial charge in [0, 0.05) is 0 Å². The van der Waals surface area contributed by atoms with E-state index in [1.807, 2.05) is 0 Å². The van der Waals surface area contributed by atoms with Crippen LogP contribution in [0.4, 0.5) is 0 Å². The number of rotatable bonds is 9. The third-order valence-corrected chi connectivity index (χ3v) is 31.3. The quantitative estimate of drug-likeness (QED) is 0.0998. The minimum Gasteiger partial charge on any atom is -0.0616 e. The van der Waals surface area contributed by atoms with Crippen LogP contribution < -0.4 is 0 Å². The number of hydrogen-bond donors (Lipinski definition) is 0. The van der Waals surface area contributed by atoms with E-state index in [1.165, 1.54) is 316 Å². The second kappa shape index (κ2) is 30.7. The Balaban J connectivity index is 0.567. The normalized spacial score (nSPS) is 12.1. The van der Waals surface area contributed by atoms with Gasteiger partial charge < -0.3 is 0 Å². The molecule has 0 spiro atoms. The van der Waals surface area contributed by atoms with E-state index in [0.717, 1.165) is 0 Å². The molecule has 0 atom stereocenters. The third-order valence-electron chi connectivity index (χ3n) is 31.3. The van der Waals surface area contributed by atoms with Gasteiger partial charge in [-0.25, -0.2) is 0 Å². The van der Waals surface area contributed by atoms with Crippen LogP contribution in [0.3, 0.4) is 0 Å². The van der Waals surface area contributed by atoms with E-state index in [9.17, 15) is 0 Å². The van der Waals surface area contributed by atoms with Crippen LogP contribution in [-0.4, -0.2) is 0 Å². The van der Waals surface area contributed by atoms with Crippen molar-refractivity contribution >= 4 is 215 Å². The van der Waals surface area contributed by atoms with Gasteiger partial charge >= 0.3 is 0 Å². The molecule has 0 heteroatoms. The molecule has 0 nitrogen and oxygen atoms in total. The Morgan fingerprint density at radius 2 is 0.236 bits per heavy atom. The Labute approximate surface area is 807 Å². The highest BCUT2D eigenvalue weighted by molar-refractivity contribution is 6.34. The molecule has 0 aliphatic rings. The van der Waals surface area contributed by atoms with Gasteiger partial charge in [0.15, 0.2) is 0 Å². The molecule has 0 radical (unpaired) electrons. The van der Waals surface area contributed by atoms with E-state index in [2.05, 4.69) is 497 Å². The predicted octanol–water partition coefficient (Wildman–Crippen LogP) is 39.8. The summed E-state index contributed by atoms with van der Waals surface area (Å²) in [5.74, 6) is 0. The molecule has 0 unspecified atom stereocenters. The molecule has 0 saturated carbocycles. The lowest BCUT2D eigenvalue weighted by Crippen LogP contribution is -1.94. The van der Waals surface area contributed by atoms with Crippen molar-refractivity contribution < 1.29 is 0 Å². The first-order valence-corrected chi connectivity index (χ1v) is 48.9. The summed E-state index contributed by atoms with van der Waals surface area (Å²) in [6.45, 7) is 0. The van der Waals surface area contributed by atoms with Gasteiger partial charge in [-0.2, -0.15) is 0 Å². The summed E-state index contributed by atoms with van der Waals surface area (Å²) < 4.78 is 0. The van der Waals surface area contributed by atoms with E-state index in [1.54, 1.807) is 0 Å². The highest BCUT2D eigenvalue weighted by Gasteiger charge is 2.28. The van der Waals surface area contributed by atoms with Gasteiger partial charge in [-0.05, 0) is 352 Å². The molecule has 0 heterocycles. The maximum Gasteiger partial charge on any atom is -0.00199 e. The van der Waals surface area contributed by atoms with Crippen molar-refractivity contribution in [2.75, 3.05) is 0 Å². The van der Waals surface area contributed by atoms with Crippen LogP contribution in [0.1, 0.15) is 0 Å². The summed E-state index contributed by atoms with van der Waals surface area (Å²) in [5, 5.41) is 49.1. The highest BCUT2D eigenvalue weighted by atomic mass is 14.3. The molecule has 30 aromatic rings. The molecule has 0 aliphatic carbocycles. The Morgan fingerprint density at radius 1 is 0.0714 bits per heavy atom. The second-order valence-electron chi connectivity index (χ2n) is 38.4. The van der Waals surface area contributed by atoms with Gasteiger partial charge in [-0.3, -0.25) is 0 Å². The van der Waals surface area contributed by atoms with Gasteiger partial charge in [0.2, 0.25) is 0 Å².